The van der Waals surface area contributed by atoms with Crippen LogP contribution in [0, 0.1) is 10.1 Å². The second-order valence-electron chi connectivity index (χ2n) is 8.28. The summed E-state index contributed by atoms with van der Waals surface area (Å²) in [5.74, 6) is 0. The highest BCUT2D eigenvalue weighted by atomic mass is 32.2. The normalized spacial score (nSPS) is 11.1. The highest BCUT2D eigenvalue weighted by Crippen LogP contribution is 2.46. The van der Waals surface area contributed by atoms with E-state index < -0.39 is 0 Å². The third-order valence-electron chi connectivity index (χ3n) is 5.97. The molecule has 0 saturated carbocycles. The molecule has 36 heavy (non-hydrogen) atoms. The van der Waals surface area contributed by atoms with Gasteiger partial charge in [-0.15, -0.1) is 11.3 Å². The summed E-state index contributed by atoms with van der Waals surface area (Å²) in [6, 6.07) is 40.0. The highest BCUT2D eigenvalue weighted by Gasteiger charge is 2.19. The van der Waals surface area contributed by atoms with Crippen LogP contribution in [-0.2, 0) is 0 Å². The van der Waals surface area contributed by atoms with E-state index in [1.807, 2.05) is 42.5 Å². The fraction of sp³-hybridized carbons (Fsp3) is 0. The summed E-state index contributed by atoms with van der Waals surface area (Å²) >= 11 is 3.51. The number of para-hydroxylation sites is 1. The van der Waals surface area contributed by atoms with Crippen LogP contribution in [0.25, 0.3) is 20.2 Å². The Morgan fingerprint density at radius 2 is 1.36 bits per heavy atom. The molecular formula is C30H20N2O2S2. The van der Waals surface area contributed by atoms with Gasteiger partial charge in [-0.25, -0.2) is 0 Å². The molecule has 4 nitrogen and oxygen atoms in total. The second kappa shape index (κ2) is 9.49. The van der Waals surface area contributed by atoms with Crippen molar-refractivity contribution in [3.05, 3.63) is 131 Å². The Balaban J connectivity index is 1.61. The topological polar surface area (TPSA) is 46.4 Å². The standard InChI is InChI=1S/C30H20N2O2S2/c33-32(34)23-13-9-12-22(18-23)31(21-10-3-1-4-11-21)24-19-28(35-25-14-5-2-6-15-25)30-26-16-7-8-17-27(26)36-29(30)20-24/h1-20H. The Morgan fingerprint density at radius 1 is 0.667 bits per heavy atom. The first-order valence-electron chi connectivity index (χ1n) is 11.5. The number of nitrogens with zero attached hydrogens (tertiary/aromatic N) is 2. The number of nitro benzene ring substituents is 1. The maximum atomic E-state index is 11.6. The number of non-ortho nitro benzene ring substituents is 1. The van der Waals surface area contributed by atoms with Crippen molar-refractivity contribution in [3.8, 4) is 0 Å². The van der Waals surface area contributed by atoms with Crippen LogP contribution >= 0.6 is 23.1 Å². The van der Waals surface area contributed by atoms with Gasteiger partial charge >= 0.3 is 0 Å². The molecule has 6 rings (SSSR count). The van der Waals surface area contributed by atoms with Crippen molar-refractivity contribution in [2.45, 2.75) is 9.79 Å². The van der Waals surface area contributed by atoms with Gasteiger partial charge in [-0.3, -0.25) is 10.1 Å². The van der Waals surface area contributed by atoms with Crippen molar-refractivity contribution in [1.82, 2.24) is 0 Å². The molecule has 0 amide bonds. The lowest BCUT2D eigenvalue weighted by molar-refractivity contribution is -0.384. The predicted octanol–water partition coefficient (Wildman–Crippen LogP) is 9.58. The van der Waals surface area contributed by atoms with E-state index in [2.05, 4.69) is 65.6 Å². The largest absolute Gasteiger partial charge is 0.310 e. The molecule has 0 atom stereocenters. The predicted molar refractivity (Wildman–Crippen MR) is 151 cm³/mol. The Morgan fingerprint density at radius 3 is 2.14 bits per heavy atom. The Bertz CT molecular complexity index is 1700. The molecule has 0 aliphatic carbocycles. The third kappa shape index (κ3) is 4.21. The van der Waals surface area contributed by atoms with Crippen molar-refractivity contribution in [2.75, 3.05) is 4.90 Å². The van der Waals surface area contributed by atoms with Crippen molar-refractivity contribution >= 4 is 66.0 Å². The van der Waals surface area contributed by atoms with Crippen LogP contribution in [0.1, 0.15) is 0 Å². The lowest BCUT2D eigenvalue weighted by atomic mass is 10.1. The fourth-order valence-corrected chi connectivity index (χ4v) is 6.68. The van der Waals surface area contributed by atoms with E-state index in [-0.39, 0.29) is 10.6 Å². The van der Waals surface area contributed by atoms with Gasteiger partial charge in [0, 0.05) is 53.5 Å². The first-order chi connectivity index (χ1) is 17.7. The van der Waals surface area contributed by atoms with Gasteiger partial charge in [0.2, 0.25) is 0 Å². The van der Waals surface area contributed by atoms with Crippen LogP contribution in [0.4, 0.5) is 22.7 Å². The van der Waals surface area contributed by atoms with Gasteiger partial charge in [-0.05, 0) is 48.5 Å². The lowest BCUT2D eigenvalue weighted by Crippen LogP contribution is -2.10. The molecule has 0 aliphatic rings. The number of rotatable bonds is 6. The number of nitro groups is 1. The molecule has 1 heterocycles. The zero-order valence-electron chi connectivity index (χ0n) is 19.1. The summed E-state index contributed by atoms with van der Waals surface area (Å²) in [5, 5.41) is 14.0. The smallest absolute Gasteiger partial charge is 0.271 e. The zero-order valence-corrected chi connectivity index (χ0v) is 20.7. The molecule has 0 radical (unpaired) electrons. The molecule has 1 aromatic heterocycles. The second-order valence-corrected chi connectivity index (χ2v) is 10.5. The number of benzene rings is 5. The average Bonchev–Trinajstić information content (AvgIpc) is 3.29. The van der Waals surface area contributed by atoms with E-state index >= 15 is 0 Å². The molecule has 0 spiro atoms. The monoisotopic (exact) mass is 504 g/mol. The van der Waals surface area contributed by atoms with E-state index in [0.29, 0.717) is 0 Å². The maximum Gasteiger partial charge on any atom is 0.271 e. The molecule has 174 valence electrons. The van der Waals surface area contributed by atoms with Gasteiger partial charge in [0.15, 0.2) is 0 Å². The summed E-state index contributed by atoms with van der Waals surface area (Å²) < 4.78 is 2.42. The zero-order chi connectivity index (χ0) is 24.5. The van der Waals surface area contributed by atoms with Gasteiger partial charge < -0.3 is 4.90 Å². The first kappa shape index (κ1) is 22.3. The van der Waals surface area contributed by atoms with E-state index in [9.17, 15) is 10.1 Å². The van der Waals surface area contributed by atoms with Crippen LogP contribution in [0.2, 0.25) is 0 Å². The Labute approximate surface area is 216 Å². The molecule has 6 aromatic rings. The van der Waals surface area contributed by atoms with Crippen molar-refractivity contribution in [1.29, 1.82) is 0 Å². The van der Waals surface area contributed by atoms with Crippen LogP contribution < -0.4 is 4.90 Å². The minimum Gasteiger partial charge on any atom is -0.310 e. The summed E-state index contributed by atoms with van der Waals surface area (Å²) in [6.07, 6.45) is 0. The fourth-order valence-electron chi connectivity index (χ4n) is 4.40. The number of anilines is 3. The molecular weight excluding hydrogens is 484 g/mol. The maximum absolute atomic E-state index is 11.6. The molecule has 0 bridgehead atoms. The average molecular weight is 505 g/mol. The van der Waals surface area contributed by atoms with Crippen molar-refractivity contribution in [2.24, 2.45) is 0 Å². The summed E-state index contributed by atoms with van der Waals surface area (Å²) in [6.45, 7) is 0. The van der Waals surface area contributed by atoms with E-state index in [4.69, 9.17) is 0 Å². The van der Waals surface area contributed by atoms with Gasteiger partial charge in [0.25, 0.3) is 5.69 Å². The summed E-state index contributed by atoms with van der Waals surface area (Å²) in [5.41, 5.74) is 2.70. The lowest BCUT2D eigenvalue weighted by Gasteiger charge is -2.26. The minimum absolute atomic E-state index is 0.0651. The molecule has 0 N–H and O–H groups in total. The summed E-state index contributed by atoms with van der Waals surface area (Å²) in [7, 11) is 0. The van der Waals surface area contributed by atoms with Crippen molar-refractivity contribution in [3.63, 3.8) is 0 Å². The van der Waals surface area contributed by atoms with Crippen LogP contribution in [0.3, 0.4) is 0 Å². The quantitative estimate of drug-likeness (QED) is 0.167. The Hall–Kier alpha value is -4.13. The van der Waals surface area contributed by atoms with Gasteiger partial charge in [-0.1, -0.05) is 72.4 Å². The van der Waals surface area contributed by atoms with Gasteiger partial charge in [0.05, 0.1) is 10.6 Å². The third-order valence-corrected chi connectivity index (χ3v) is 8.14. The van der Waals surface area contributed by atoms with Gasteiger partial charge in [0.1, 0.15) is 0 Å². The van der Waals surface area contributed by atoms with Gasteiger partial charge in [-0.2, -0.15) is 0 Å². The number of thiophene rings is 1. The molecule has 0 aliphatic heterocycles. The van der Waals surface area contributed by atoms with Crippen LogP contribution in [-0.4, -0.2) is 4.92 Å². The highest BCUT2D eigenvalue weighted by molar-refractivity contribution is 7.99. The molecule has 0 fully saturated rings. The number of hydrogen-bond acceptors (Lipinski definition) is 5. The Kier molecular flexibility index (Phi) is 5.89. The van der Waals surface area contributed by atoms with Crippen LogP contribution in [0.5, 0.6) is 0 Å². The van der Waals surface area contributed by atoms with Crippen molar-refractivity contribution < 1.29 is 4.92 Å². The SMILES string of the molecule is O=[N+]([O-])c1cccc(N(c2ccccc2)c2cc(Sc3ccccc3)c3c(c2)sc2ccccc23)c1. The first-order valence-corrected chi connectivity index (χ1v) is 13.1. The number of fused-ring (bicyclic) bond motifs is 3. The minimum atomic E-state index is -0.349. The summed E-state index contributed by atoms with van der Waals surface area (Å²) in [4.78, 5) is 15.6. The molecule has 0 saturated heterocycles. The molecule has 5 aromatic carbocycles. The molecule has 6 heteroatoms. The molecule has 0 unspecified atom stereocenters. The van der Waals surface area contributed by atoms with Crippen LogP contribution in [0.15, 0.2) is 131 Å². The van der Waals surface area contributed by atoms with E-state index in [1.165, 1.54) is 26.2 Å². The van der Waals surface area contributed by atoms with E-state index in [0.717, 1.165) is 26.9 Å². The van der Waals surface area contributed by atoms with E-state index in [1.54, 1.807) is 35.2 Å². The number of hydrogen-bond donors (Lipinski definition) is 0.